The van der Waals surface area contributed by atoms with Gasteiger partial charge in [0.25, 0.3) is 5.91 Å². The maximum Gasteiger partial charge on any atom is 0.328 e. The Kier molecular flexibility index (Phi) is 5.62. The van der Waals surface area contributed by atoms with E-state index in [2.05, 4.69) is 4.98 Å². The first kappa shape index (κ1) is 19.1. The van der Waals surface area contributed by atoms with Gasteiger partial charge < -0.3 is 19.4 Å². The van der Waals surface area contributed by atoms with Gasteiger partial charge in [0.1, 0.15) is 6.04 Å². The number of esters is 1. The molecule has 1 fully saturated rings. The second-order valence-electron chi connectivity index (χ2n) is 7.21. The van der Waals surface area contributed by atoms with Crippen LogP contribution in [0.3, 0.4) is 0 Å². The maximum absolute atomic E-state index is 13.2. The van der Waals surface area contributed by atoms with E-state index >= 15 is 0 Å². The van der Waals surface area contributed by atoms with Crippen molar-refractivity contribution in [1.29, 1.82) is 0 Å². The number of ether oxygens (including phenoxy) is 1. The van der Waals surface area contributed by atoms with Gasteiger partial charge in [-0.05, 0) is 36.8 Å². The molecule has 27 heavy (non-hydrogen) atoms. The molecule has 1 aromatic heterocycles. The van der Waals surface area contributed by atoms with Gasteiger partial charge in [-0.2, -0.15) is 0 Å². The van der Waals surface area contributed by atoms with Crippen molar-refractivity contribution in [2.45, 2.75) is 38.3 Å². The minimum atomic E-state index is -0.539. The molecule has 1 unspecified atom stereocenters. The Balaban J connectivity index is 1.86. The van der Waals surface area contributed by atoms with Gasteiger partial charge in [-0.15, -0.1) is 0 Å². The van der Waals surface area contributed by atoms with Crippen molar-refractivity contribution in [3.8, 4) is 0 Å². The van der Waals surface area contributed by atoms with Crippen LogP contribution < -0.4 is 0 Å². The van der Waals surface area contributed by atoms with E-state index in [0.29, 0.717) is 38.0 Å². The fraction of sp³-hybridized carbons (Fsp3) is 0.579. The predicted molar refractivity (Wildman–Crippen MR) is 98.1 cm³/mol. The van der Waals surface area contributed by atoms with Crippen LogP contribution in [0.1, 0.15) is 40.7 Å². The SMILES string of the molecule is COC(=O)C1CCCCN1C(=O)c1cncc2c1CCN(C(=O)N(C)C)C2. The molecule has 3 amide bonds. The summed E-state index contributed by atoms with van der Waals surface area (Å²) in [5.74, 6) is -0.551. The summed E-state index contributed by atoms with van der Waals surface area (Å²) in [7, 11) is 4.79. The summed E-state index contributed by atoms with van der Waals surface area (Å²) in [5.41, 5.74) is 2.33. The van der Waals surface area contributed by atoms with E-state index in [1.165, 1.54) is 7.11 Å². The Morgan fingerprint density at radius 2 is 1.96 bits per heavy atom. The number of nitrogens with zero attached hydrogens (tertiary/aromatic N) is 4. The molecule has 3 rings (SSSR count). The molecule has 8 heteroatoms. The fourth-order valence-electron chi connectivity index (χ4n) is 3.83. The lowest BCUT2D eigenvalue weighted by Crippen LogP contribution is -2.49. The molecule has 3 heterocycles. The number of rotatable bonds is 2. The number of aromatic nitrogens is 1. The highest BCUT2D eigenvalue weighted by atomic mass is 16.5. The summed E-state index contributed by atoms with van der Waals surface area (Å²) in [6.45, 7) is 1.52. The van der Waals surface area contributed by atoms with Gasteiger partial charge in [0, 0.05) is 46.1 Å². The highest BCUT2D eigenvalue weighted by molar-refractivity contribution is 5.98. The van der Waals surface area contributed by atoms with E-state index in [1.54, 1.807) is 41.2 Å². The first-order chi connectivity index (χ1) is 12.9. The first-order valence-electron chi connectivity index (χ1n) is 9.24. The van der Waals surface area contributed by atoms with Crippen LogP contribution in [0, 0.1) is 0 Å². The Hall–Kier alpha value is -2.64. The molecule has 1 aromatic rings. The number of carbonyl (C=O) groups excluding carboxylic acids is 3. The maximum atomic E-state index is 13.2. The third kappa shape index (κ3) is 3.74. The number of amides is 3. The van der Waals surface area contributed by atoms with Crippen molar-refractivity contribution in [2.24, 2.45) is 0 Å². The standard InChI is InChI=1S/C19H26N4O4/c1-21(2)19(26)22-9-7-14-13(12-22)10-20-11-15(14)17(24)23-8-5-4-6-16(23)18(25)27-3/h10-11,16H,4-9,12H2,1-3H3. The van der Waals surface area contributed by atoms with Crippen LogP contribution in [-0.2, 0) is 22.5 Å². The first-order valence-corrected chi connectivity index (χ1v) is 9.24. The van der Waals surface area contributed by atoms with Gasteiger partial charge in [0.2, 0.25) is 0 Å². The lowest BCUT2D eigenvalue weighted by Gasteiger charge is -2.35. The number of carbonyl (C=O) groups is 3. The molecule has 2 aliphatic rings. The quantitative estimate of drug-likeness (QED) is 0.729. The number of hydrogen-bond donors (Lipinski definition) is 0. The lowest BCUT2D eigenvalue weighted by atomic mass is 9.94. The average Bonchev–Trinajstić information content (AvgIpc) is 2.71. The number of hydrogen-bond acceptors (Lipinski definition) is 5. The number of methoxy groups -OCH3 is 1. The second-order valence-corrected chi connectivity index (χ2v) is 7.21. The molecule has 1 atom stereocenters. The van der Waals surface area contributed by atoms with Crippen molar-refractivity contribution in [1.82, 2.24) is 19.7 Å². The molecule has 0 spiro atoms. The Labute approximate surface area is 159 Å². The molecule has 8 nitrogen and oxygen atoms in total. The number of urea groups is 1. The molecule has 0 aliphatic carbocycles. The van der Waals surface area contributed by atoms with Crippen molar-refractivity contribution < 1.29 is 19.1 Å². The minimum absolute atomic E-state index is 0.0563. The number of pyridine rings is 1. The summed E-state index contributed by atoms with van der Waals surface area (Å²) < 4.78 is 4.88. The van der Waals surface area contributed by atoms with E-state index in [1.807, 2.05) is 0 Å². The number of fused-ring (bicyclic) bond motifs is 1. The molecule has 2 aliphatic heterocycles. The molecule has 1 saturated heterocycles. The molecule has 0 radical (unpaired) electrons. The van der Waals surface area contributed by atoms with Crippen LogP contribution in [0.2, 0.25) is 0 Å². The molecule has 0 saturated carbocycles. The summed E-state index contributed by atoms with van der Waals surface area (Å²) in [4.78, 5) is 46.7. The Bertz CT molecular complexity index is 749. The van der Waals surface area contributed by atoms with Crippen LogP contribution in [0.25, 0.3) is 0 Å². The smallest absolute Gasteiger partial charge is 0.328 e. The van der Waals surface area contributed by atoms with E-state index < -0.39 is 6.04 Å². The third-order valence-electron chi connectivity index (χ3n) is 5.26. The van der Waals surface area contributed by atoms with Crippen LogP contribution in [0.15, 0.2) is 12.4 Å². The van der Waals surface area contributed by atoms with Crippen LogP contribution >= 0.6 is 0 Å². The van der Waals surface area contributed by atoms with E-state index in [4.69, 9.17) is 4.74 Å². The highest BCUT2D eigenvalue weighted by Crippen LogP contribution is 2.26. The molecule has 0 N–H and O–H groups in total. The average molecular weight is 374 g/mol. The van der Waals surface area contributed by atoms with Gasteiger partial charge in [-0.25, -0.2) is 9.59 Å². The van der Waals surface area contributed by atoms with Crippen LogP contribution in [0.5, 0.6) is 0 Å². The minimum Gasteiger partial charge on any atom is -0.467 e. The zero-order valence-electron chi connectivity index (χ0n) is 16.1. The van der Waals surface area contributed by atoms with Crippen LogP contribution in [0.4, 0.5) is 4.79 Å². The molecule has 0 aromatic carbocycles. The summed E-state index contributed by atoms with van der Waals surface area (Å²) in [6, 6.07) is -0.596. The zero-order valence-corrected chi connectivity index (χ0v) is 16.1. The monoisotopic (exact) mass is 374 g/mol. The predicted octanol–water partition coefficient (Wildman–Crippen LogP) is 1.29. The molecule has 146 valence electrons. The van der Waals surface area contributed by atoms with Gasteiger partial charge in [-0.3, -0.25) is 9.78 Å². The number of likely N-dealkylation sites (tertiary alicyclic amines) is 1. The third-order valence-corrected chi connectivity index (χ3v) is 5.26. The van der Waals surface area contributed by atoms with Crippen molar-refractivity contribution in [3.63, 3.8) is 0 Å². The second kappa shape index (κ2) is 7.94. The fourth-order valence-corrected chi connectivity index (χ4v) is 3.83. The van der Waals surface area contributed by atoms with E-state index in [9.17, 15) is 14.4 Å². The van der Waals surface area contributed by atoms with E-state index in [0.717, 1.165) is 24.0 Å². The Morgan fingerprint density at radius 3 is 2.67 bits per heavy atom. The number of piperidine rings is 1. The van der Waals surface area contributed by atoms with Gasteiger partial charge >= 0.3 is 12.0 Å². The van der Waals surface area contributed by atoms with Crippen LogP contribution in [-0.4, -0.2) is 77.9 Å². The van der Waals surface area contributed by atoms with Gasteiger partial charge in [0.05, 0.1) is 12.7 Å². The summed E-state index contributed by atoms with van der Waals surface area (Å²) in [6.07, 6.45) is 6.27. The lowest BCUT2D eigenvalue weighted by molar-refractivity contribution is -0.147. The summed E-state index contributed by atoms with van der Waals surface area (Å²) >= 11 is 0. The topological polar surface area (TPSA) is 83.0 Å². The van der Waals surface area contributed by atoms with Crippen molar-refractivity contribution in [2.75, 3.05) is 34.3 Å². The Morgan fingerprint density at radius 1 is 1.19 bits per heavy atom. The van der Waals surface area contributed by atoms with Crippen molar-refractivity contribution in [3.05, 3.63) is 29.1 Å². The molecular formula is C19H26N4O4. The largest absolute Gasteiger partial charge is 0.467 e. The summed E-state index contributed by atoms with van der Waals surface area (Å²) in [5, 5.41) is 0. The van der Waals surface area contributed by atoms with Gasteiger partial charge in [-0.1, -0.05) is 0 Å². The molecular weight excluding hydrogens is 348 g/mol. The highest BCUT2D eigenvalue weighted by Gasteiger charge is 2.35. The zero-order chi connectivity index (χ0) is 19.6. The van der Waals surface area contributed by atoms with Crippen molar-refractivity contribution >= 4 is 17.9 Å². The normalized spacial score (nSPS) is 19.3. The molecule has 0 bridgehead atoms. The van der Waals surface area contributed by atoms with Gasteiger partial charge in [0.15, 0.2) is 0 Å². The van der Waals surface area contributed by atoms with E-state index in [-0.39, 0.29) is 17.9 Å².